The number of benzene rings is 2. The Labute approximate surface area is 192 Å². The molecule has 3 amide bonds. The van der Waals surface area contributed by atoms with Gasteiger partial charge in [0.05, 0.1) is 17.5 Å². The van der Waals surface area contributed by atoms with Gasteiger partial charge in [-0.3, -0.25) is 19.3 Å². The first kappa shape index (κ1) is 21.2. The van der Waals surface area contributed by atoms with Crippen LogP contribution in [0, 0.1) is 25.7 Å². The molecule has 156 valence electrons. The van der Waals surface area contributed by atoms with Gasteiger partial charge in [-0.15, -0.1) is 0 Å². The Morgan fingerprint density at radius 2 is 1.50 bits per heavy atom. The molecular formula is C23H22Br2N2O3. The van der Waals surface area contributed by atoms with Crippen molar-refractivity contribution in [3.05, 3.63) is 59.2 Å². The number of alkyl halides is 2. The zero-order chi connectivity index (χ0) is 21.6. The van der Waals surface area contributed by atoms with Crippen LogP contribution in [0.4, 0.5) is 11.4 Å². The van der Waals surface area contributed by atoms with E-state index < -0.39 is 0 Å². The molecule has 2 aromatic rings. The maximum absolute atomic E-state index is 12.9. The molecule has 0 bridgehead atoms. The van der Waals surface area contributed by atoms with Gasteiger partial charge in [0.15, 0.2) is 0 Å². The largest absolute Gasteiger partial charge is 0.322 e. The van der Waals surface area contributed by atoms with E-state index >= 15 is 0 Å². The van der Waals surface area contributed by atoms with Gasteiger partial charge in [0, 0.05) is 20.9 Å². The Morgan fingerprint density at radius 3 is 2.07 bits per heavy atom. The van der Waals surface area contributed by atoms with Crippen molar-refractivity contribution in [2.45, 2.75) is 36.3 Å². The number of hydrogen-bond acceptors (Lipinski definition) is 3. The number of carbonyl (C=O) groups is 3. The average molecular weight is 534 g/mol. The number of nitrogens with one attached hydrogen (secondary N) is 1. The first-order valence-electron chi connectivity index (χ1n) is 9.91. The number of nitrogens with zero attached hydrogens (tertiary/aromatic N) is 1. The van der Waals surface area contributed by atoms with Crippen molar-refractivity contribution in [3.63, 3.8) is 0 Å². The van der Waals surface area contributed by atoms with Crippen LogP contribution in [-0.4, -0.2) is 27.4 Å². The van der Waals surface area contributed by atoms with Gasteiger partial charge in [0.2, 0.25) is 11.8 Å². The van der Waals surface area contributed by atoms with Gasteiger partial charge >= 0.3 is 0 Å². The van der Waals surface area contributed by atoms with E-state index in [1.54, 1.807) is 24.3 Å². The fraction of sp³-hybridized carbons (Fsp3) is 0.348. The lowest BCUT2D eigenvalue weighted by molar-refractivity contribution is -0.122. The maximum Gasteiger partial charge on any atom is 0.255 e. The summed E-state index contributed by atoms with van der Waals surface area (Å²) in [5.74, 6) is -1.11. The van der Waals surface area contributed by atoms with Gasteiger partial charge in [-0.25, -0.2) is 0 Å². The highest BCUT2D eigenvalue weighted by Gasteiger charge is 2.52. The van der Waals surface area contributed by atoms with Crippen molar-refractivity contribution in [3.8, 4) is 0 Å². The molecule has 5 nitrogen and oxygen atoms in total. The molecule has 0 radical (unpaired) electrons. The minimum Gasteiger partial charge on any atom is -0.322 e. The van der Waals surface area contributed by atoms with Crippen molar-refractivity contribution < 1.29 is 14.4 Å². The summed E-state index contributed by atoms with van der Waals surface area (Å²) in [5, 5.41) is 2.93. The topological polar surface area (TPSA) is 66.5 Å². The van der Waals surface area contributed by atoms with Crippen LogP contribution in [0.15, 0.2) is 42.5 Å². The first-order chi connectivity index (χ1) is 14.3. The summed E-state index contributed by atoms with van der Waals surface area (Å²) in [6.07, 6.45) is 1.27. The Morgan fingerprint density at radius 1 is 0.933 bits per heavy atom. The molecule has 0 aromatic heterocycles. The third kappa shape index (κ3) is 3.73. The zero-order valence-corrected chi connectivity index (χ0v) is 19.9. The van der Waals surface area contributed by atoms with Crippen LogP contribution < -0.4 is 10.2 Å². The molecule has 1 saturated carbocycles. The number of fused-ring (bicyclic) bond motifs is 1. The van der Waals surface area contributed by atoms with Crippen LogP contribution in [0.1, 0.15) is 34.3 Å². The van der Waals surface area contributed by atoms with Crippen LogP contribution in [0.5, 0.6) is 0 Å². The molecule has 1 N–H and O–H groups in total. The summed E-state index contributed by atoms with van der Waals surface area (Å²) >= 11 is 7.20. The van der Waals surface area contributed by atoms with E-state index in [4.69, 9.17) is 0 Å². The number of carbonyl (C=O) groups excluding carboxylic acids is 3. The standard InChI is InChI=1S/C23H22Br2N2O3/c1-12-4-3-5-20(13(12)2)26-21(28)14-6-8-15(9-7-14)27-22(29)16-10-18(24)19(25)11-17(16)23(27)30/h3-9,16-19H,10-11H2,1-2H3,(H,26,28)/t16-,17+,18-,19-/m0/s1. The SMILES string of the molecule is Cc1cccc(NC(=O)c2ccc(N3C(=O)[C@H]4C[C@H](Br)[C@@H](Br)C[C@H]4C3=O)cc2)c1C. The predicted octanol–water partition coefficient (Wildman–Crippen LogP) is 4.98. The Kier molecular flexibility index (Phi) is 5.86. The van der Waals surface area contributed by atoms with Crippen LogP contribution in [0.25, 0.3) is 0 Å². The number of amides is 3. The van der Waals surface area contributed by atoms with Crippen LogP contribution >= 0.6 is 31.9 Å². The average Bonchev–Trinajstić information content (AvgIpc) is 2.96. The molecular weight excluding hydrogens is 512 g/mol. The fourth-order valence-corrected chi connectivity index (χ4v) is 5.43. The van der Waals surface area contributed by atoms with Crippen molar-refractivity contribution in [1.29, 1.82) is 0 Å². The molecule has 2 aromatic carbocycles. The number of imide groups is 1. The zero-order valence-electron chi connectivity index (χ0n) is 16.7. The number of anilines is 2. The van der Waals surface area contributed by atoms with E-state index in [1.807, 2.05) is 32.0 Å². The molecule has 0 spiro atoms. The molecule has 1 aliphatic carbocycles. The second-order valence-electron chi connectivity index (χ2n) is 7.98. The minimum atomic E-state index is -0.289. The summed E-state index contributed by atoms with van der Waals surface area (Å²) < 4.78 is 0. The normalized spacial score (nSPS) is 25.9. The molecule has 1 saturated heterocycles. The molecule has 1 heterocycles. The highest BCUT2D eigenvalue weighted by molar-refractivity contribution is 9.12. The molecule has 2 aliphatic rings. The summed E-state index contributed by atoms with van der Waals surface area (Å²) in [7, 11) is 0. The van der Waals surface area contributed by atoms with Crippen LogP contribution in [0.2, 0.25) is 0 Å². The van der Waals surface area contributed by atoms with Gasteiger partial charge in [-0.2, -0.15) is 0 Å². The van der Waals surface area contributed by atoms with E-state index in [9.17, 15) is 14.4 Å². The monoisotopic (exact) mass is 532 g/mol. The summed E-state index contributed by atoms with van der Waals surface area (Å²) in [5.41, 5.74) is 3.88. The van der Waals surface area contributed by atoms with Crippen molar-refractivity contribution in [2.24, 2.45) is 11.8 Å². The van der Waals surface area contributed by atoms with Gasteiger partial charge in [0.1, 0.15) is 0 Å². The minimum absolute atomic E-state index is 0.151. The molecule has 0 unspecified atom stereocenters. The molecule has 7 heteroatoms. The third-order valence-corrected chi connectivity index (χ3v) is 8.89. The summed E-state index contributed by atoms with van der Waals surface area (Å²) in [6.45, 7) is 3.96. The Hall–Kier alpha value is -1.99. The molecule has 30 heavy (non-hydrogen) atoms. The third-order valence-electron chi connectivity index (χ3n) is 6.15. The fourth-order valence-electron chi connectivity index (χ4n) is 4.19. The van der Waals surface area contributed by atoms with Crippen molar-refractivity contribution in [1.82, 2.24) is 0 Å². The van der Waals surface area contributed by atoms with Crippen LogP contribution in [0.3, 0.4) is 0 Å². The second-order valence-corrected chi connectivity index (χ2v) is 10.3. The van der Waals surface area contributed by atoms with Crippen molar-refractivity contribution >= 4 is 61.0 Å². The predicted molar refractivity (Wildman–Crippen MR) is 124 cm³/mol. The smallest absolute Gasteiger partial charge is 0.255 e. The van der Waals surface area contributed by atoms with E-state index in [0.717, 1.165) is 16.8 Å². The Bertz CT molecular complexity index is 994. The first-order valence-corrected chi connectivity index (χ1v) is 11.7. The quantitative estimate of drug-likeness (QED) is 0.447. The molecule has 4 rings (SSSR count). The maximum atomic E-state index is 12.9. The second kappa shape index (κ2) is 8.27. The number of aryl methyl sites for hydroxylation is 1. The van der Waals surface area contributed by atoms with Gasteiger partial charge in [-0.1, -0.05) is 44.0 Å². The number of halogens is 2. The lowest BCUT2D eigenvalue weighted by atomic mass is 9.81. The highest BCUT2D eigenvalue weighted by atomic mass is 79.9. The highest BCUT2D eigenvalue weighted by Crippen LogP contribution is 2.44. The van der Waals surface area contributed by atoms with Gasteiger partial charge in [-0.05, 0) is 68.1 Å². The number of rotatable bonds is 3. The van der Waals surface area contributed by atoms with E-state index in [0.29, 0.717) is 24.1 Å². The van der Waals surface area contributed by atoms with E-state index in [1.165, 1.54) is 4.90 Å². The van der Waals surface area contributed by atoms with E-state index in [-0.39, 0.29) is 39.2 Å². The van der Waals surface area contributed by atoms with Gasteiger partial charge in [0.25, 0.3) is 5.91 Å². The summed E-state index contributed by atoms with van der Waals surface area (Å²) in [6, 6.07) is 12.4. The molecule has 4 atom stereocenters. The lowest BCUT2D eigenvalue weighted by Gasteiger charge is -2.29. The van der Waals surface area contributed by atoms with Gasteiger partial charge < -0.3 is 5.32 Å². The molecule has 2 fully saturated rings. The van der Waals surface area contributed by atoms with Crippen molar-refractivity contribution in [2.75, 3.05) is 10.2 Å². The Balaban J connectivity index is 1.52. The molecule has 1 aliphatic heterocycles. The summed E-state index contributed by atoms with van der Waals surface area (Å²) in [4.78, 5) is 40.1. The number of hydrogen-bond donors (Lipinski definition) is 1. The lowest BCUT2D eigenvalue weighted by Crippen LogP contribution is -2.34. The van der Waals surface area contributed by atoms with E-state index in [2.05, 4.69) is 37.2 Å². The van der Waals surface area contributed by atoms with Crippen LogP contribution in [-0.2, 0) is 9.59 Å².